The number of nitro benzene ring substituents is 1. The van der Waals surface area contributed by atoms with Gasteiger partial charge in [0.2, 0.25) is 0 Å². The first-order valence-electron chi connectivity index (χ1n) is 13.9. The normalized spacial score (nSPS) is 14.8. The summed E-state index contributed by atoms with van der Waals surface area (Å²) in [7, 11) is 1.56. The number of hydrogen-bond donors (Lipinski definition) is 0. The van der Waals surface area contributed by atoms with Crippen molar-refractivity contribution in [3.05, 3.63) is 112 Å². The van der Waals surface area contributed by atoms with Crippen LogP contribution in [0.3, 0.4) is 0 Å². The molecule has 0 N–H and O–H groups in total. The maximum atomic E-state index is 14.0. The van der Waals surface area contributed by atoms with Crippen molar-refractivity contribution in [1.82, 2.24) is 4.57 Å². The molecule has 0 amide bonds. The summed E-state index contributed by atoms with van der Waals surface area (Å²) in [6, 6.07) is 13.2. The third kappa shape index (κ3) is 5.68. The number of hydrogen-bond acceptors (Lipinski definition) is 9. The van der Waals surface area contributed by atoms with E-state index in [-0.39, 0.29) is 17.9 Å². The van der Waals surface area contributed by atoms with Crippen molar-refractivity contribution >= 4 is 29.1 Å². The van der Waals surface area contributed by atoms with Crippen LogP contribution in [0.25, 0.3) is 17.4 Å². The van der Waals surface area contributed by atoms with Gasteiger partial charge in [-0.15, -0.1) is 0 Å². The molecule has 11 heteroatoms. The third-order valence-electron chi connectivity index (χ3n) is 7.32. The molecule has 43 heavy (non-hydrogen) atoms. The van der Waals surface area contributed by atoms with Crippen molar-refractivity contribution in [3.8, 4) is 17.1 Å². The van der Waals surface area contributed by atoms with E-state index >= 15 is 0 Å². The molecule has 5 rings (SSSR count). The van der Waals surface area contributed by atoms with Crippen LogP contribution in [0.15, 0.2) is 74.0 Å². The molecule has 1 atom stereocenters. The van der Waals surface area contributed by atoms with Gasteiger partial charge >= 0.3 is 5.97 Å². The first-order chi connectivity index (χ1) is 20.7. The highest BCUT2D eigenvalue weighted by Crippen LogP contribution is 2.34. The zero-order valence-electron chi connectivity index (χ0n) is 24.5. The van der Waals surface area contributed by atoms with Crippen molar-refractivity contribution in [2.45, 2.75) is 46.6 Å². The van der Waals surface area contributed by atoms with E-state index in [0.29, 0.717) is 61.0 Å². The Labute approximate surface area is 251 Å². The predicted octanol–water partition coefficient (Wildman–Crippen LogP) is 5.37. The van der Waals surface area contributed by atoms with E-state index in [0.717, 1.165) is 12.0 Å². The van der Waals surface area contributed by atoms with Crippen LogP contribution in [0.1, 0.15) is 55.2 Å². The Hall–Kier alpha value is -4.77. The fourth-order valence-corrected chi connectivity index (χ4v) is 6.14. The molecule has 4 aromatic rings. The lowest BCUT2D eigenvalue weighted by Gasteiger charge is -2.26. The number of carbonyl (C=O) groups is 1. The number of carbonyl (C=O) groups excluding carboxylic acids is 1. The van der Waals surface area contributed by atoms with Crippen LogP contribution in [0.4, 0.5) is 5.69 Å². The smallest absolute Gasteiger partial charge is 0.338 e. The van der Waals surface area contributed by atoms with Crippen molar-refractivity contribution in [1.29, 1.82) is 0 Å². The number of aryl methyl sites for hydroxylation is 1. The second kappa shape index (κ2) is 12.2. The number of benzene rings is 2. The van der Waals surface area contributed by atoms with Crippen LogP contribution >= 0.6 is 11.3 Å². The number of nitrogens with zero attached hydrogens (tertiary/aromatic N) is 3. The van der Waals surface area contributed by atoms with Gasteiger partial charge in [0.05, 0.1) is 40.5 Å². The number of nitro groups is 1. The zero-order valence-corrected chi connectivity index (χ0v) is 25.3. The number of thiazole rings is 1. The number of aromatic nitrogens is 1. The number of fused-ring (bicyclic) bond motifs is 1. The molecule has 1 aliphatic heterocycles. The van der Waals surface area contributed by atoms with E-state index in [4.69, 9.17) is 18.9 Å². The van der Waals surface area contributed by atoms with Gasteiger partial charge in [-0.3, -0.25) is 19.5 Å². The Bertz CT molecular complexity index is 1950. The molecule has 3 heterocycles. The standard InChI is InChI=1S/C32H31N3O7S/c1-6-9-24-28(31(37)41-7-2)29(20-10-8-11-22(15-20)40-5)34-30(36)27(43-32(34)33-24)17-23-12-13-26(42-23)21-14-18(3)19(4)25(16-21)35(38)39/h8,10-17,29H,6-7,9H2,1-5H3/b27-17-. The summed E-state index contributed by atoms with van der Waals surface area (Å²) in [6.07, 6.45) is 2.90. The highest BCUT2D eigenvalue weighted by Gasteiger charge is 2.34. The number of ether oxygens (including phenoxy) is 2. The molecule has 0 bridgehead atoms. The molecule has 222 valence electrons. The van der Waals surface area contributed by atoms with Gasteiger partial charge in [-0.1, -0.05) is 36.8 Å². The predicted molar refractivity (Wildman–Crippen MR) is 163 cm³/mol. The number of esters is 1. The van der Waals surface area contributed by atoms with Crippen LogP contribution in [0.2, 0.25) is 0 Å². The van der Waals surface area contributed by atoms with Crippen LogP contribution in [-0.2, 0) is 9.53 Å². The molecule has 0 fully saturated rings. The minimum Gasteiger partial charge on any atom is -0.497 e. The average molecular weight is 602 g/mol. The first kappa shape index (κ1) is 29.7. The second-order valence-corrected chi connectivity index (χ2v) is 11.1. The lowest BCUT2D eigenvalue weighted by Crippen LogP contribution is -2.40. The Morgan fingerprint density at radius 2 is 1.98 bits per heavy atom. The maximum absolute atomic E-state index is 14.0. The van der Waals surface area contributed by atoms with Crippen molar-refractivity contribution in [2.24, 2.45) is 4.99 Å². The minimum atomic E-state index is -0.766. The molecular weight excluding hydrogens is 570 g/mol. The summed E-state index contributed by atoms with van der Waals surface area (Å²) in [4.78, 5) is 43.7. The average Bonchev–Trinajstić information content (AvgIpc) is 3.58. The highest BCUT2D eigenvalue weighted by molar-refractivity contribution is 7.07. The fraction of sp³-hybridized carbons (Fsp3) is 0.281. The highest BCUT2D eigenvalue weighted by atomic mass is 32.1. The van der Waals surface area contributed by atoms with Gasteiger partial charge in [-0.25, -0.2) is 9.79 Å². The molecule has 0 saturated carbocycles. The van der Waals surface area contributed by atoms with Gasteiger partial charge in [0.15, 0.2) is 4.80 Å². The van der Waals surface area contributed by atoms with Crippen LogP contribution in [-0.4, -0.2) is 29.2 Å². The van der Waals surface area contributed by atoms with Crippen molar-refractivity contribution in [2.75, 3.05) is 13.7 Å². The quantitative estimate of drug-likeness (QED) is 0.143. The zero-order chi connectivity index (χ0) is 30.8. The number of rotatable bonds is 9. The van der Waals surface area contributed by atoms with E-state index in [9.17, 15) is 19.7 Å². The van der Waals surface area contributed by atoms with E-state index < -0.39 is 16.9 Å². The molecule has 1 unspecified atom stereocenters. The van der Waals surface area contributed by atoms with Crippen molar-refractivity contribution < 1.29 is 23.6 Å². The third-order valence-corrected chi connectivity index (χ3v) is 8.31. The van der Waals surface area contributed by atoms with Gasteiger partial charge in [0.25, 0.3) is 11.2 Å². The van der Waals surface area contributed by atoms with E-state index in [1.165, 1.54) is 22.0 Å². The second-order valence-electron chi connectivity index (χ2n) is 10.1. The van der Waals surface area contributed by atoms with Gasteiger partial charge in [0.1, 0.15) is 17.3 Å². The summed E-state index contributed by atoms with van der Waals surface area (Å²) in [5.41, 5.74) is 3.20. The van der Waals surface area contributed by atoms with E-state index in [1.54, 1.807) is 51.3 Å². The van der Waals surface area contributed by atoms with E-state index in [2.05, 4.69) is 0 Å². The Morgan fingerprint density at radius 1 is 1.19 bits per heavy atom. The van der Waals surface area contributed by atoms with Gasteiger partial charge in [-0.2, -0.15) is 0 Å². The molecule has 2 aromatic heterocycles. The summed E-state index contributed by atoms with van der Waals surface area (Å²) in [6.45, 7) is 7.44. The van der Waals surface area contributed by atoms with Gasteiger partial charge in [-0.05, 0) is 68.7 Å². The Balaban J connectivity index is 1.66. The van der Waals surface area contributed by atoms with E-state index in [1.807, 2.05) is 32.0 Å². The lowest BCUT2D eigenvalue weighted by atomic mass is 9.94. The minimum absolute atomic E-state index is 0.0130. The molecule has 0 spiro atoms. The summed E-state index contributed by atoms with van der Waals surface area (Å²) in [5, 5.41) is 11.6. The summed E-state index contributed by atoms with van der Waals surface area (Å²) in [5.74, 6) is 0.910. The monoisotopic (exact) mass is 601 g/mol. The molecular formula is C32H31N3O7S. The Kier molecular flexibility index (Phi) is 8.45. The topological polar surface area (TPSA) is 126 Å². The summed E-state index contributed by atoms with van der Waals surface area (Å²) < 4.78 is 18.8. The molecule has 0 aliphatic carbocycles. The number of methoxy groups -OCH3 is 1. The SMILES string of the molecule is CCCC1=C(C(=O)OCC)C(c2cccc(OC)c2)n2c(s/c(=C\c3ccc(-c4cc(C)c(C)c([N+](=O)[O-])c4)o3)c2=O)=N1. The molecule has 0 saturated heterocycles. The van der Waals surface area contributed by atoms with Crippen LogP contribution < -0.4 is 19.6 Å². The first-order valence-corrected chi connectivity index (χ1v) is 14.7. The Morgan fingerprint density at radius 3 is 2.67 bits per heavy atom. The molecule has 1 aliphatic rings. The van der Waals surface area contributed by atoms with Crippen LogP contribution in [0, 0.1) is 24.0 Å². The number of furan rings is 1. The molecule has 2 aromatic carbocycles. The van der Waals surface area contributed by atoms with Crippen molar-refractivity contribution in [3.63, 3.8) is 0 Å². The van der Waals surface area contributed by atoms with Crippen LogP contribution in [0.5, 0.6) is 5.75 Å². The largest absolute Gasteiger partial charge is 0.497 e. The fourth-order valence-electron chi connectivity index (χ4n) is 5.14. The summed E-state index contributed by atoms with van der Waals surface area (Å²) >= 11 is 1.20. The maximum Gasteiger partial charge on any atom is 0.338 e. The van der Waals surface area contributed by atoms with Gasteiger partial charge in [0, 0.05) is 23.3 Å². The molecule has 10 nitrogen and oxygen atoms in total. The van der Waals surface area contributed by atoms with Gasteiger partial charge < -0.3 is 13.9 Å². The lowest BCUT2D eigenvalue weighted by molar-refractivity contribution is -0.385. The molecule has 0 radical (unpaired) electrons. The number of allylic oxidation sites excluding steroid dienone is 1.